The van der Waals surface area contributed by atoms with Crippen molar-refractivity contribution in [3.8, 4) is 0 Å². The highest BCUT2D eigenvalue weighted by Gasteiger charge is 1.98. The minimum atomic E-state index is 0.948. The molecule has 2 rings (SSSR count). The lowest BCUT2D eigenvalue weighted by atomic mass is 10.5. The molecule has 0 spiro atoms. The molecule has 0 aliphatic heterocycles. The molecule has 2 aromatic heterocycles. The van der Waals surface area contributed by atoms with Crippen molar-refractivity contribution >= 4 is 23.1 Å². The number of thiophene rings is 1. The third-order valence-electron chi connectivity index (χ3n) is 1.34. The molecule has 12 heavy (non-hydrogen) atoms. The number of thioether (sulfide) groups is 1. The maximum Gasteiger partial charge on any atom is 0.139 e. The molecule has 0 fully saturated rings. The van der Waals surface area contributed by atoms with Crippen LogP contribution in [0.1, 0.15) is 4.88 Å². The SMILES string of the molecule is c1csc(CSc2cn[nH]n2)c1. The van der Waals surface area contributed by atoms with Gasteiger partial charge in [-0.05, 0) is 11.4 Å². The van der Waals surface area contributed by atoms with Gasteiger partial charge >= 0.3 is 0 Å². The molecule has 0 atom stereocenters. The standard InChI is InChI=1S/C7H7N3S2/c1-2-6(11-3-1)5-12-7-4-8-10-9-7/h1-4H,5H2,(H,8,9,10). The predicted octanol–water partition coefficient (Wildman–Crippen LogP) is 2.16. The Hall–Kier alpha value is -0.810. The molecule has 2 aromatic rings. The molecule has 0 aliphatic rings. The largest absolute Gasteiger partial charge is 0.197 e. The quantitative estimate of drug-likeness (QED) is 0.767. The van der Waals surface area contributed by atoms with Crippen LogP contribution in [0.25, 0.3) is 0 Å². The summed E-state index contributed by atoms with van der Waals surface area (Å²) in [5.41, 5.74) is 0. The van der Waals surface area contributed by atoms with Gasteiger partial charge in [-0.15, -0.1) is 16.4 Å². The van der Waals surface area contributed by atoms with Gasteiger partial charge in [0.1, 0.15) is 5.03 Å². The molecule has 62 valence electrons. The Morgan fingerprint density at radius 2 is 2.58 bits per heavy atom. The molecule has 0 saturated carbocycles. The summed E-state index contributed by atoms with van der Waals surface area (Å²) in [6.45, 7) is 0. The van der Waals surface area contributed by atoms with E-state index in [1.54, 1.807) is 29.3 Å². The fourth-order valence-electron chi connectivity index (χ4n) is 0.800. The van der Waals surface area contributed by atoms with Crippen LogP contribution in [0.3, 0.4) is 0 Å². The topological polar surface area (TPSA) is 41.6 Å². The number of aromatic nitrogens is 3. The molecule has 0 aromatic carbocycles. The monoisotopic (exact) mass is 197 g/mol. The molecule has 1 N–H and O–H groups in total. The molecule has 0 radical (unpaired) electrons. The summed E-state index contributed by atoms with van der Waals surface area (Å²) in [6, 6.07) is 4.18. The van der Waals surface area contributed by atoms with Crippen molar-refractivity contribution in [1.29, 1.82) is 0 Å². The zero-order valence-corrected chi connectivity index (χ0v) is 7.86. The molecule has 3 nitrogen and oxygen atoms in total. The van der Waals surface area contributed by atoms with Crippen molar-refractivity contribution in [2.45, 2.75) is 10.8 Å². The van der Waals surface area contributed by atoms with E-state index in [2.05, 4.69) is 32.9 Å². The minimum Gasteiger partial charge on any atom is -0.197 e. The minimum absolute atomic E-state index is 0.948. The van der Waals surface area contributed by atoms with E-state index in [0.29, 0.717) is 0 Å². The van der Waals surface area contributed by atoms with Crippen molar-refractivity contribution in [3.05, 3.63) is 28.6 Å². The number of H-pyrrole nitrogens is 1. The molecule has 5 heteroatoms. The first kappa shape index (κ1) is 7.82. The van der Waals surface area contributed by atoms with Gasteiger partial charge in [-0.3, -0.25) is 0 Å². The van der Waals surface area contributed by atoms with Crippen LogP contribution in [0.5, 0.6) is 0 Å². The Morgan fingerprint density at radius 1 is 1.58 bits per heavy atom. The smallest absolute Gasteiger partial charge is 0.139 e. The summed E-state index contributed by atoms with van der Waals surface area (Å²) in [7, 11) is 0. The molecule has 0 aliphatic carbocycles. The van der Waals surface area contributed by atoms with Crippen LogP contribution >= 0.6 is 23.1 Å². The first-order valence-electron chi connectivity index (χ1n) is 3.46. The average molecular weight is 197 g/mol. The van der Waals surface area contributed by atoms with Crippen LogP contribution in [-0.4, -0.2) is 15.4 Å². The number of hydrogen-bond donors (Lipinski definition) is 1. The van der Waals surface area contributed by atoms with Crippen molar-refractivity contribution in [2.75, 3.05) is 0 Å². The summed E-state index contributed by atoms with van der Waals surface area (Å²) < 4.78 is 0. The van der Waals surface area contributed by atoms with Crippen LogP contribution < -0.4 is 0 Å². The second kappa shape index (κ2) is 3.73. The summed E-state index contributed by atoms with van der Waals surface area (Å²) in [5, 5.41) is 13.3. The first-order valence-corrected chi connectivity index (χ1v) is 5.32. The van der Waals surface area contributed by atoms with Gasteiger partial charge < -0.3 is 0 Å². The Kier molecular flexibility index (Phi) is 2.43. The summed E-state index contributed by atoms with van der Waals surface area (Å²) in [6.07, 6.45) is 1.73. The molecule has 2 heterocycles. The van der Waals surface area contributed by atoms with Gasteiger partial charge in [-0.1, -0.05) is 17.8 Å². The highest BCUT2D eigenvalue weighted by atomic mass is 32.2. The van der Waals surface area contributed by atoms with Crippen LogP contribution in [0.4, 0.5) is 0 Å². The van der Waals surface area contributed by atoms with E-state index in [1.807, 2.05) is 0 Å². The third kappa shape index (κ3) is 1.86. The predicted molar refractivity (Wildman–Crippen MR) is 50.3 cm³/mol. The molecule has 0 amide bonds. The van der Waals surface area contributed by atoms with E-state index in [9.17, 15) is 0 Å². The lowest BCUT2D eigenvalue weighted by molar-refractivity contribution is 0.911. The molecule has 0 saturated heterocycles. The number of nitrogens with one attached hydrogen (secondary N) is 1. The van der Waals surface area contributed by atoms with Gasteiger partial charge in [-0.25, -0.2) is 0 Å². The number of nitrogens with zero attached hydrogens (tertiary/aromatic N) is 2. The van der Waals surface area contributed by atoms with E-state index >= 15 is 0 Å². The lowest BCUT2D eigenvalue weighted by Gasteiger charge is -1.91. The van der Waals surface area contributed by atoms with Crippen LogP contribution in [0.2, 0.25) is 0 Å². The third-order valence-corrected chi connectivity index (χ3v) is 3.34. The Labute approximate surface area is 78.2 Å². The van der Waals surface area contributed by atoms with Gasteiger partial charge in [-0.2, -0.15) is 10.3 Å². The Morgan fingerprint density at radius 3 is 3.25 bits per heavy atom. The number of rotatable bonds is 3. The highest BCUT2D eigenvalue weighted by molar-refractivity contribution is 7.98. The molecular weight excluding hydrogens is 190 g/mol. The zero-order chi connectivity index (χ0) is 8.23. The van der Waals surface area contributed by atoms with Crippen LogP contribution in [-0.2, 0) is 5.75 Å². The van der Waals surface area contributed by atoms with Crippen LogP contribution in [0, 0.1) is 0 Å². The van der Waals surface area contributed by atoms with Crippen molar-refractivity contribution < 1.29 is 0 Å². The van der Waals surface area contributed by atoms with Crippen molar-refractivity contribution in [3.63, 3.8) is 0 Å². The highest BCUT2D eigenvalue weighted by Crippen LogP contribution is 2.21. The maximum absolute atomic E-state index is 3.95. The molecule has 0 bridgehead atoms. The fourth-order valence-corrected chi connectivity index (χ4v) is 2.36. The van der Waals surface area contributed by atoms with Crippen molar-refractivity contribution in [2.24, 2.45) is 0 Å². The van der Waals surface area contributed by atoms with Crippen molar-refractivity contribution in [1.82, 2.24) is 15.4 Å². The van der Waals surface area contributed by atoms with E-state index in [0.717, 1.165) is 10.8 Å². The second-order valence-electron chi connectivity index (χ2n) is 2.18. The molecule has 0 unspecified atom stereocenters. The fraction of sp³-hybridized carbons (Fsp3) is 0.143. The summed E-state index contributed by atoms with van der Waals surface area (Å²) in [4.78, 5) is 1.36. The van der Waals surface area contributed by atoms with Crippen LogP contribution in [0.15, 0.2) is 28.7 Å². The van der Waals surface area contributed by atoms with E-state index < -0.39 is 0 Å². The first-order chi connectivity index (χ1) is 5.95. The average Bonchev–Trinajstić information content (AvgIpc) is 2.74. The summed E-state index contributed by atoms with van der Waals surface area (Å²) in [5.74, 6) is 0.976. The van der Waals surface area contributed by atoms with Gasteiger partial charge in [0, 0.05) is 10.6 Å². The maximum atomic E-state index is 3.95. The number of hydrogen-bond acceptors (Lipinski definition) is 4. The van der Waals surface area contributed by atoms with E-state index in [4.69, 9.17) is 0 Å². The van der Waals surface area contributed by atoms with Gasteiger partial charge in [0.2, 0.25) is 0 Å². The molecular formula is C7H7N3S2. The van der Waals surface area contributed by atoms with Gasteiger partial charge in [0.25, 0.3) is 0 Å². The number of aromatic amines is 1. The van der Waals surface area contributed by atoms with E-state index in [1.165, 1.54) is 4.88 Å². The lowest BCUT2D eigenvalue weighted by Crippen LogP contribution is -1.74. The summed E-state index contributed by atoms with van der Waals surface area (Å²) >= 11 is 3.46. The Balaban J connectivity index is 1.91. The van der Waals surface area contributed by atoms with Gasteiger partial charge in [0.05, 0.1) is 6.20 Å². The van der Waals surface area contributed by atoms with E-state index in [-0.39, 0.29) is 0 Å². The normalized spacial score (nSPS) is 10.3. The second-order valence-corrected chi connectivity index (χ2v) is 4.20. The van der Waals surface area contributed by atoms with Gasteiger partial charge in [0.15, 0.2) is 0 Å². The zero-order valence-electron chi connectivity index (χ0n) is 6.23. The Bertz CT molecular complexity index is 280.